The van der Waals surface area contributed by atoms with E-state index in [0.29, 0.717) is 12.8 Å². The standard InChI is InChI=1S/2C24H47NO4S.Ca/c2*1-2-3-4-5-6-7-8-9-10-11-12-13-14-15-16-17-18-19-20-21-24(26)25-22-23-30(27,28)29;/h2*9-10H,2-8,11-23H2,1H3,(H,25,26)(H,27,28,29);/q;;+2/p-2/b2*10-9-;. The minimum absolute atomic E-state index is 0. The molecule has 0 radical (unpaired) electrons. The van der Waals surface area contributed by atoms with E-state index in [4.69, 9.17) is 4.55 Å². The molecule has 61 heavy (non-hydrogen) atoms. The Balaban J connectivity index is -0.00000109. The van der Waals surface area contributed by atoms with Gasteiger partial charge in [-0.2, -0.15) is 8.42 Å². The minimum Gasteiger partial charge on any atom is -0.862 e. The van der Waals surface area contributed by atoms with Gasteiger partial charge in [0.2, 0.25) is 5.91 Å². The zero-order chi connectivity index (χ0) is 44.7. The van der Waals surface area contributed by atoms with Gasteiger partial charge in [0, 0.05) is 13.0 Å². The summed E-state index contributed by atoms with van der Waals surface area (Å²) < 4.78 is 61.0. The third kappa shape index (κ3) is 63.9. The van der Waals surface area contributed by atoms with Gasteiger partial charge in [-0.15, -0.1) is 0 Å². The summed E-state index contributed by atoms with van der Waals surface area (Å²) in [4.78, 5) is 15.1. The number of rotatable bonds is 44. The van der Waals surface area contributed by atoms with E-state index in [1.165, 1.54) is 180 Å². The van der Waals surface area contributed by atoms with Crippen molar-refractivity contribution in [3.63, 3.8) is 0 Å². The molecule has 0 aliphatic rings. The quantitative estimate of drug-likeness (QED) is 0.0151. The van der Waals surface area contributed by atoms with Gasteiger partial charge in [0.25, 0.3) is 10.1 Å². The summed E-state index contributed by atoms with van der Waals surface area (Å²) >= 11 is 0. The fourth-order valence-electron chi connectivity index (χ4n) is 6.89. The largest absolute Gasteiger partial charge is 2.00 e. The van der Waals surface area contributed by atoms with Crippen molar-refractivity contribution in [2.75, 3.05) is 24.6 Å². The first kappa shape index (κ1) is 64.8. The van der Waals surface area contributed by atoms with E-state index in [2.05, 4.69) is 48.5 Å². The molecule has 0 atom stereocenters. The van der Waals surface area contributed by atoms with Gasteiger partial charge in [0.15, 0.2) is 0 Å². The van der Waals surface area contributed by atoms with Crippen LogP contribution in [0.1, 0.15) is 245 Å². The molecule has 0 heterocycles. The number of nitrogens with zero attached hydrogens (tertiary/aromatic N) is 1. The minimum atomic E-state index is -4.27. The Morgan fingerprint density at radius 3 is 1.15 bits per heavy atom. The van der Waals surface area contributed by atoms with Crippen LogP contribution in [-0.4, -0.2) is 100 Å². The second-order valence-electron chi connectivity index (χ2n) is 16.7. The summed E-state index contributed by atoms with van der Waals surface area (Å²) in [6.45, 7) is 4.29. The van der Waals surface area contributed by atoms with Gasteiger partial charge < -0.3 is 20.0 Å². The summed E-state index contributed by atoms with van der Waals surface area (Å²) in [7, 11) is -8.27. The van der Waals surface area contributed by atoms with Crippen molar-refractivity contribution in [1.29, 1.82) is 0 Å². The molecule has 0 rings (SSSR count). The van der Waals surface area contributed by atoms with Gasteiger partial charge in [-0.3, -0.25) is 9.35 Å². The first-order chi connectivity index (χ1) is 28.9. The summed E-state index contributed by atoms with van der Waals surface area (Å²) in [6, 6.07) is 0. The molecular formula is C48H92CaN2O8S2. The van der Waals surface area contributed by atoms with Crippen LogP contribution in [0.5, 0.6) is 0 Å². The van der Waals surface area contributed by atoms with E-state index >= 15 is 0 Å². The molecule has 0 bridgehead atoms. The molecule has 0 aliphatic heterocycles. The van der Waals surface area contributed by atoms with E-state index in [1.54, 1.807) is 0 Å². The van der Waals surface area contributed by atoms with E-state index < -0.39 is 31.7 Å². The molecule has 13 heteroatoms. The number of allylic oxidation sites excluding steroid dienone is 4. The predicted octanol–water partition coefficient (Wildman–Crippen LogP) is 12.1. The maximum absolute atomic E-state index is 11.5. The SMILES string of the molecule is CCCCCCCC/C=C\CCCCCCCCCCCC(=O)NCCS(=O)(=O)O.CCCCCCCC/C=C\CCCCCCCCCCCC([O-])=NCCS(=O)(=O)[O-].[Ca+2]. The van der Waals surface area contributed by atoms with Crippen LogP contribution in [0.4, 0.5) is 0 Å². The number of carbonyl (C=O) groups is 1. The number of nitrogens with one attached hydrogen (secondary N) is 1. The molecule has 0 spiro atoms. The molecule has 0 aromatic heterocycles. The number of hydrogen-bond acceptors (Lipinski definition) is 8. The Morgan fingerprint density at radius 2 is 0.820 bits per heavy atom. The molecule has 1 amide bonds. The molecule has 0 aromatic carbocycles. The number of unbranched alkanes of at least 4 members (excludes halogenated alkanes) is 30. The predicted molar refractivity (Wildman–Crippen MR) is 258 cm³/mol. The van der Waals surface area contributed by atoms with Gasteiger partial charge in [-0.25, -0.2) is 8.42 Å². The van der Waals surface area contributed by atoms with Crippen molar-refractivity contribution >= 4 is 69.8 Å². The Kier molecular flexibility index (Phi) is 53.6. The molecule has 0 saturated heterocycles. The van der Waals surface area contributed by atoms with E-state index in [1.807, 2.05) is 0 Å². The molecule has 356 valence electrons. The molecule has 2 N–H and O–H groups in total. The number of carbonyl (C=O) groups excluding carboxylic acids is 1. The van der Waals surface area contributed by atoms with Crippen LogP contribution in [0.3, 0.4) is 0 Å². The molecule has 10 nitrogen and oxygen atoms in total. The molecule has 0 aromatic rings. The Hall–Kier alpha value is -0.500. The Bertz CT molecular complexity index is 1240. The topological polar surface area (TPSA) is 176 Å². The number of aliphatic imine (C=N–C) groups is 1. The third-order valence-electron chi connectivity index (χ3n) is 10.6. The van der Waals surface area contributed by atoms with Crippen molar-refractivity contribution < 1.29 is 35.8 Å². The monoisotopic (exact) mass is 929 g/mol. The fourth-order valence-corrected chi connectivity index (χ4v) is 7.56. The number of hydrogen-bond donors (Lipinski definition) is 2. The van der Waals surface area contributed by atoms with Gasteiger partial charge in [-0.05, 0) is 76.5 Å². The first-order valence-corrected chi connectivity index (χ1v) is 27.8. The zero-order valence-corrected chi connectivity index (χ0v) is 43.2. The van der Waals surface area contributed by atoms with Crippen LogP contribution < -0.4 is 10.4 Å². The Labute approximate surface area is 406 Å². The van der Waals surface area contributed by atoms with Crippen LogP contribution in [0.15, 0.2) is 29.3 Å². The maximum Gasteiger partial charge on any atom is 2.00 e. The van der Waals surface area contributed by atoms with E-state index in [0.717, 1.165) is 38.5 Å². The first-order valence-electron chi connectivity index (χ1n) is 24.6. The van der Waals surface area contributed by atoms with E-state index in [-0.39, 0.29) is 62.6 Å². The fraction of sp³-hybridized carbons (Fsp3) is 0.875. The van der Waals surface area contributed by atoms with Gasteiger partial charge in [-0.1, -0.05) is 192 Å². The third-order valence-corrected chi connectivity index (χ3v) is 12.0. The Morgan fingerprint density at radius 1 is 0.508 bits per heavy atom. The summed E-state index contributed by atoms with van der Waals surface area (Å²) in [5.74, 6) is -1.44. The van der Waals surface area contributed by atoms with Gasteiger partial charge in [0.1, 0.15) is 0 Å². The molecule has 0 saturated carbocycles. The van der Waals surface area contributed by atoms with Crippen LogP contribution in [0, 0.1) is 0 Å². The summed E-state index contributed by atoms with van der Waals surface area (Å²) in [6.07, 6.45) is 53.0. The molecule has 0 unspecified atom stereocenters. The zero-order valence-electron chi connectivity index (χ0n) is 39.4. The molecule has 0 fully saturated rings. The van der Waals surface area contributed by atoms with Crippen LogP contribution in [-0.2, 0) is 25.0 Å². The average Bonchev–Trinajstić information content (AvgIpc) is 3.19. The van der Waals surface area contributed by atoms with Crippen molar-refractivity contribution in [1.82, 2.24) is 5.32 Å². The smallest absolute Gasteiger partial charge is 0.862 e. The molecule has 0 aliphatic carbocycles. The van der Waals surface area contributed by atoms with Crippen molar-refractivity contribution in [2.24, 2.45) is 4.99 Å². The number of amides is 1. The van der Waals surface area contributed by atoms with Gasteiger partial charge in [0.05, 0.1) is 28.2 Å². The summed E-state index contributed by atoms with van der Waals surface area (Å²) in [5.41, 5.74) is 0. The van der Waals surface area contributed by atoms with E-state index in [9.17, 15) is 31.3 Å². The normalized spacial score (nSPS) is 12.2. The van der Waals surface area contributed by atoms with Crippen molar-refractivity contribution in [3.05, 3.63) is 24.3 Å². The second kappa shape index (κ2) is 50.5. The van der Waals surface area contributed by atoms with Crippen LogP contribution in [0.2, 0.25) is 0 Å². The summed E-state index contributed by atoms with van der Waals surface area (Å²) in [5, 5.41) is 14.0. The van der Waals surface area contributed by atoms with Crippen molar-refractivity contribution in [2.45, 2.75) is 245 Å². The van der Waals surface area contributed by atoms with Gasteiger partial charge >= 0.3 is 37.7 Å². The van der Waals surface area contributed by atoms with Crippen LogP contribution in [0.25, 0.3) is 0 Å². The average molecular weight is 929 g/mol. The maximum atomic E-state index is 11.5. The molecular weight excluding hydrogens is 837 g/mol. The van der Waals surface area contributed by atoms with Crippen molar-refractivity contribution in [3.8, 4) is 0 Å². The van der Waals surface area contributed by atoms with Crippen LogP contribution >= 0.6 is 0 Å². The second-order valence-corrected chi connectivity index (χ2v) is 19.8.